The maximum atomic E-state index is 13.6. The minimum Gasteiger partial charge on any atom is -0.396 e. The van der Waals surface area contributed by atoms with Gasteiger partial charge in [-0.25, -0.2) is 12.8 Å². The zero-order chi connectivity index (χ0) is 14.0. The van der Waals surface area contributed by atoms with Crippen molar-refractivity contribution in [2.75, 3.05) is 19.7 Å². The number of rotatable bonds is 4. The number of nitrogens with two attached hydrogens (primary N) is 1. The Labute approximate surface area is 111 Å². The van der Waals surface area contributed by atoms with Crippen molar-refractivity contribution >= 4 is 10.0 Å². The molecule has 7 heteroatoms. The molecule has 0 saturated carbocycles. The quantitative estimate of drug-likeness (QED) is 0.834. The van der Waals surface area contributed by atoms with Gasteiger partial charge in [0.25, 0.3) is 0 Å². The molecule has 0 aliphatic carbocycles. The van der Waals surface area contributed by atoms with Gasteiger partial charge in [0, 0.05) is 31.8 Å². The van der Waals surface area contributed by atoms with Crippen molar-refractivity contribution in [1.29, 1.82) is 0 Å². The van der Waals surface area contributed by atoms with Crippen LogP contribution in [0.5, 0.6) is 0 Å². The van der Waals surface area contributed by atoms with E-state index >= 15 is 0 Å². The summed E-state index contributed by atoms with van der Waals surface area (Å²) in [7, 11) is -3.74. The first-order chi connectivity index (χ1) is 9.00. The number of aliphatic hydroxyl groups is 1. The van der Waals surface area contributed by atoms with E-state index in [1.165, 1.54) is 22.5 Å². The number of nitrogens with zero attached hydrogens (tertiary/aromatic N) is 1. The molecular formula is C12H17FN2O3S. The summed E-state index contributed by atoms with van der Waals surface area (Å²) in [6.07, 6.45) is 0.614. The number of halogens is 1. The van der Waals surface area contributed by atoms with Crippen molar-refractivity contribution in [3.05, 3.63) is 29.6 Å². The molecule has 3 N–H and O–H groups in total. The molecule has 1 aliphatic rings. The molecule has 0 bridgehead atoms. The highest BCUT2D eigenvalue weighted by Crippen LogP contribution is 2.27. The summed E-state index contributed by atoms with van der Waals surface area (Å²) >= 11 is 0. The fourth-order valence-electron chi connectivity index (χ4n) is 2.28. The standard InChI is InChI=1S/C12H17FN2O3S/c13-11-2-1-3-12(10(11)6-14)19(17,18)15-5-4-9(7-15)8-16/h1-3,9,16H,4-8,14H2. The van der Waals surface area contributed by atoms with Gasteiger partial charge >= 0.3 is 0 Å². The van der Waals surface area contributed by atoms with E-state index in [4.69, 9.17) is 10.8 Å². The summed E-state index contributed by atoms with van der Waals surface area (Å²) in [6.45, 7) is 0.394. The van der Waals surface area contributed by atoms with E-state index in [0.717, 1.165) is 0 Å². The Bertz CT molecular complexity index is 562. The molecule has 1 aromatic carbocycles. The summed E-state index contributed by atoms with van der Waals surface area (Å²) in [5, 5.41) is 9.06. The van der Waals surface area contributed by atoms with Crippen molar-refractivity contribution in [1.82, 2.24) is 4.31 Å². The topological polar surface area (TPSA) is 83.6 Å². The van der Waals surface area contributed by atoms with E-state index in [-0.39, 0.29) is 36.1 Å². The van der Waals surface area contributed by atoms with Crippen LogP contribution in [0.4, 0.5) is 4.39 Å². The van der Waals surface area contributed by atoms with Gasteiger partial charge in [-0.2, -0.15) is 4.31 Å². The summed E-state index contributed by atoms with van der Waals surface area (Å²) in [5.74, 6) is -0.661. The van der Waals surface area contributed by atoms with Gasteiger partial charge in [-0.05, 0) is 24.5 Å². The van der Waals surface area contributed by atoms with Crippen molar-refractivity contribution in [3.8, 4) is 0 Å². The number of hydrogen-bond donors (Lipinski definition) is 2. The highest BCUT2D eigenvalue weighted by Gasteiger charge is 2.33. The number of benzene rings is 1. The minimum absolute atomic E-state index is 0.00921. The lowest BCUT2D eigenvalue weighted by Gasteiger charge is -2.18. The normalized spacial score (nSPS) is 20.9. The zero-order valence-electron chi connectivity index (χ0n) is 10.4. The zero-order valence-corrected chi connectivity index (χ0v) is 11.2. The Hall–Kier alpha value is -1.02. The summed E-state index contributed by atoms with van der Waals surface area (Å²) in [6, 6.07) is 3.93. The first-order valence-corrected chi connectivity index (χ1v) is 7.53. The van der Waals surface area contributed by atoms with Crippen LogP contribution < -0.4 is 5.73 Å². The predicted molar refractivity (Wildman–Crippen MR) is 68.2 cm³/mol. The van der Waals surface area contributed by atoms with Gasteiger partial charge < -0.3 is 10.8 Å². The molecule has 1 aromatic rings. The third-order valence-corrected chi connectivity index (χ3v) is 5.35. The number of sulfonamides is 1. The molecule has 5 nitrogen and oxygen atoms in total. The van der Waals surface area contributed by atoms with Crippen LogP contribution in [0.1, 0.15) is 12.0 Å². The average molecular weight is 288 g/mol. The Morgan fingerprint density at radius 2 is 2.21 bits per heavy atom. The molecule has 1 fully saturated rings. The lowest BCUT2D eigenvalue weighted by Crippen LogP contribution is -2.30. The minimum atomic E-state index is -3.74. The largest absolute Gasteiger partial charge is 0.396 e. The highest BCUT2D eigenvalue weighted by molar-refractivity contribution is 7.89. The molecule has 1 heterocycles. The summed E-state index contributed by atoms with van der Waals surface area (Å²) in [5.41, 5.74) is 5.45. The molecule has 106 valence electrons. The van der Waals surface area contributed by atoms with E-state index in [9.17, 15) is 12.8 Å². The molecule has 19 heavy (non-hydrogen) atoms. The lowest BCUT2D eigenvalue weighted by molar-refractivity contribution is 0.233. The smallest absolute Gasteiger partial charge is 0.243 e. The van der Waals surface area contributed by atoms with Gasteiger partial charge in [0.1, 0.15) is 5.82 Å². The van der Waals surface area contributed by atoms with Gasteiger partial charge in [-0.1, -0.05) is 6.07 Å². The molecule has 0 amide bonds. The second kappa shape index (κ2) is 5.54. The molecule has 0 spiro atoms. The Morgan fingerprint density at radius 3 is 2.79 bits per heavy atom. The molecular weight excluding hydrogens is 271 g/mol. The molecule has 1 aliphatic heterocycles. The molecule has 2 rings (SSSR count). The maximum absolute atomic E-state index is 13.6. The molecule has 1 atom stereocenters. The monoisotopic (exact) mass is 288 g/mol. The van der Waals surface area contributed by atoms with Crippen LogP contribution in [0.25, 0.3) is 0 Å². The van der Waals surface area contributed by atoms with Gasteiger partial charge in [0.2, 0.25) is 10.0 Å². The Balaban J connectivity index is 2.38. The molecule has 0 aromatic heterocycles. The van der Waals surface area contributed by atoms with Gasteiger partial charge in [0.05, 0.1) is 4.90 Å². The van der Waals surface area contributed by atoms with Crippen LogP contribution in [-0.4, -0.2) is 37.5 Å². The molecule has 1 unspecified atom stereocenters. The Morgan fingerprint density at radius 1 is 1.47 bits per heavy atom. The molecule has 1 saturated heterocycles. The highest BCUT2D eigenvalue weighted by atomic mass is 32.2. The van der Waals surface area contributed by atoms with Gasteiger partial charge in [-0.3, -0.25) is 0 Å². The van der Waals surface area contributed by atoms with Crippen molar-refractivity contribution in [3.63, 3.8) is 0 Å². The van der Waals surface area contributed by atoms with Gasteiger partial charge in [-0.15, -0.1) is 0 Å². The summed E-state index contributed by atoms with van der Waals surface area (Å²) < 4.78 is 39.8. The van der Waals surface area contributed by atoms with Crippen molar-refractivity contribution in [2.45, 2.75) is 17.9 Å². The Kier molecular flexibility index (Phi) is 4.19. The number of aliphatic hydroxyl groups excluding tert-OH is 1. The number of hydrogen-bond acceptors (Lipinski definition) is 4. The maximum Gasteiger partial charge on any atom is 0.243 e. The third-order valence-electron chi connectivity index (χ3n) is 3.40. The second-order valence-corrected chi connectivity index (χ2v) is 6.53. The second-order valence-electron chi connectivity index (χ2n) is 4.62. The van der Waals surface area contributed by atoms with Crippen LogP contribution in [0.15, 0.2) is 23.1 Å². The van der Waals surface area contributed by atoms with E-state index in [1.54, 1.807) is 0 Å². The first kappa shape index (κ1) is 14.4. The SMILES string of the molecule is NCc1c(F)cccc1S(=O)(=O)N1CCC(CO)C1. The average Bonchev–Trinajstić information content (AvgIpc) is 2.87. The molecule has 0 radical (unpaired) electrons. The fraction of sp³-hybridized carbons (Fsp3) is 0.500. The first-order valence-electron chi connectivity index (χ1n) is 6.09. The van der Waals surface area contributed by atoms with E-state index in [0.29, 0.717) is 13.0 Å². The van der Waals surface area contributed by atoms with E-state index < -0.39 is 15.8 Å². The van der Waals surface area contributed by atoms with Crippen molar-refractivity contribution in [2.24, 2.45) is 11.7 Å². The van der Waals surface area contributed by atoms with Crippen LogP contribution in [0, 0.1) is 11.7 Å². The fourth-order valence-corrected chi connectivity index (χ4v) is 4.06. The van der Waals surface area contributed by atoms with Crippen LogP contribution in [0.2, 0.25) is 0 Å². The van der Waals surface area contributed by atoms with Crippen LogP contribution >= 0.6 is 0 Å². The van der Waals surface area contributed by atoms with E-state index in [1.807, 2.05) is 0 Å². The lowest BCUT2D eigenvalue weighted by atomic mass is 10.1. The van der Waals surface area contributed by atoms with E-state index in [2.05, 4.69) is 0 Å². The van der Waals surface area contributed by atoms with Gasteiger partial charge in [0.15, 0.2) is 0 Å². The van der Waals surface area contributed by atoms with Crippen LogP contribution in [0.3, 0.4) is 0 Å². The third kappa shape index (κ3) is 2.64. The van der Waals surface area contributed by atoms with Crippen molar-refractivity contribution < 1.29 is 17.9 Å². The van der Waals surface area contributed by atoms with Crippen LogP contribution in [-0.2, 0) is 16.6 Å². The summed E-state index contributed by atoms with van der Waals surface area (Å²) in [4.78, 5) is -0.0754. The predicted octanol–water partition coefficient (Wildman–Crippen LogP) is 0.287.